The number of amides is 1. The molecule has 31 heavy (non-hydrogen) atoms. The fraction of sp³-hybridized carbons (Fsp3) is 0.350. The third kappa shape index (κ3) is 3.93. The SMILES string of the molecule is NC(=O)c1ccccc1S(=O)(=O)c1cc2c(c([N+](=O)[O-])c1)N[C@@H](C1CCOCC1)CO2. The summed E-state index contributed by atoms with van der Waals surface area (Å²) in [6.45, 7) is 1.48. The van der Waals surface area contributed by atoms with E-state index in [0.717, 1.165) is 18.9 Å². The van der Waals surface area contributed by atoms with Gasteiger partial charge < -0.3 is 20.5 Å². The second-order valence-electron chi connectivity index (χ2n) is 7.45. The summed E-state index contributed by atoms with van der Waals surface area (Å²) < 4.78 is 37.6. The number of sulfone groups is 1. The first-order valence-electron chi connectivity index (χ1n) is 9.72. The number of fused-ring (bicyclic) bond motifs is 1. The standard InChI is InChI=1S/C20H21N3O7S/c21-20(24)14-3-1-2-4-18(14)31(27,28)13-9-16(23(25)26)19-17(10-13)30-11-15(22-19)12-5-7-29-8-6-12/h1-4,9-10,12,15,22H,5-8,11H2,(H2,21,24)/t15-/m1/s1. The van der Waals surface area contributed by atoms with Gasteiger partial charge in [0.2, 0.25) is 15.7 Å². The van der Waals surface area contributed by atoms with Crippen molar-refractivity contribution in [2.45, 2.75) is 28.7 Å². The van der Waals surface area contributed by atoms with Crippen molar-refractivity contribution in [2.24, 2.45) is 11.7 Å². The molecule has 10 nitrogen and oxygen atoms in total. The van der Waals surface area contributed by atoms with Gasteiger partial charge >= 0.3 is 0 Å². The Balaban J connectivity index is 1.76. The van der Waals surface area contributed by atoms with Gasteiger partial charge in [0, 0.05) is 25.3 Å². The lowest BCUT2D eigenvalue weighted by Crippen LogP contribution is -2.40. The van der Waals surface area contributed by atoms with Crippen LogP contribution in [-0.2, 0) is 14.6 Å². The molecule has 1 amide bonds. The van der Waals surface area contributed by atoms with Gasteiger partial charge in [-0.1, -0.05) is 12.1 Å². The van der Waals surface area contributed by atoms with Gasteiger partial charge in [-0.3, -0.25) is 14.9 Å². The van der Waals surface area contributed by atoms with Crippen molar-refractivity contribution in [3.63, 3.8) is 0 Å². The van der Waals surface area contributed by atoms with E-state index in [1.807, 2.05) is 0 Å². The molecule has 0 aromatic heterocycles. The maximum absolute atomic E-state index is 13.2. The number of anilines is 1. The van der Waals surface area contributed by atoms with Gasteiger partial charge in [-0.15, -0.1) is 0 Å². The number of primary amides is 1. The predicted octanol–water partition coefficient (Wildman–Crippen LogP) is 2.13. The highest BCUT2D eigenvalue weighted by atomic mass is 32.2. The quantitative estimate of drug-likeness (QED) is 0.522. The maximum Gasteiger partial charge on any atom is 0.297 e. The first-order valence-corrected chi connectivity index (χ1v) is 11.2. The average molecular weight is 447 g/mol. The highest BCUT2D eigenvalue weighted by Gasteiger charge is 2.35. The van der Waals surface area contributed by atoms with Crippen LogP contribution in [-0.4, -0.2) is 45.1 Å². The first-order chi connectivity index (χ1) is 14.8. The number of nitrogens with one attached hydrogen (secondary N) is 1. The number of carbonyl (C=O) groups is 1. The van der Waals surface area contributed by atoms with Crippen LogP contribution in [0, 0.1) is 16.0 Å². The Morgan fingerprint density at radius 2 is 1.90 bits per heavy atom. The minimum absolute atomic E-state index is 0.0765. The second kappa shape index (κ2) is 8.16. The van der Waals surface area contributed by atoms with E-state index in [2.05, 4.69) is 5.32 Å². The molecule has 0 bridgehead atoms. The summed E-state index contributed by atoms with van der Waals surface area (Å²) in [4.78, 5) is 22.1. The van der Waals surface area contributed by atoms with Gasteiger partial charge in [0.05, 0.1) is 26.3 Å². The van der Waals surface area contributed by atoms with Crippen LogP contribution in [0.25, 0.3) is 0 Å². The van der Waals surface area contributed by atoms with E-state index >= 15 is 0 Å². The van der Waals surface area contributed by atoms with Crippen molar-refractivity contribution in [1.29, 1.82) is 0 Å². The lowest BCUT2D eigenvalue weighted by molar-refractivity contribution is -0.384. The molecule has 2 aliphatic rings. The molecule has 2 aromatic carbocycles. The molecule has 164 valence electrons. The molecule has 0 unspecified atom stereocenters. The van der Waals surface area contributed by atoms with E-state index in [4.69, 9.17) is 15.2 Å². The molecule has 11 heteroatoms. The molecule has 4 rings (SSSR count). The lowest BCUT2D eigenvalue weighted by Gasteiger charge is -2.35. The zero-order valence-corrected chi connectivity index (χ0v) is 17.3. The summed E-state index contributed by atoms with van der Waals surface area (Å²) in [5, 5.41) is 14.9. The first kappa shape index (κ1) is 21.1. The number of nitrogens with zero attached hydrogens (tertiary/aromatic N) is 1. The molecule has 0 spiro atoms. The largest absolute Gasteiger partial charge is 0.489 e. The van der Waals surface area contributed by atoms with Crippen LogP contribution < -0.4 is 15.8 Å². The number of carbonyl (C=O) groups excluding carboxylic acids is 1. The van der Waals surface area contributed by atoms with Gasteiger partial charge in [0.15, 0.2) is 11.4 Å². The Labute approximate surface area is 178 Å². The molecule has 1 atom stereocenters. The van der Waals surface area contributed by atoms with Crippen molar-refractivity contribution in [2.75, 3.05) is 25.1 Å². The minimum Gasteiger partial charge on any atom is -0.489 e. The average Bonchev–Trinajstić information content (AvgIpc) is 2.78. The number of nitrogens with two attached hydrogens (primary N) is 1. The zero-order valence-electron chi connectivity index (χ0n) is 16.4. The number of ether oxygens (including phenoxy) is 2. The summed E-state index contributed by atoms with van der Waals surface area (Å²) in [5.41, 5.74) is 4.85. The summed E-state index contributed by atoms with van der Waals surface area (Å²) in [5.74, 6) is -0.608. The van der Waals surface area contributed by atoms with Gasteiger partial charge in [-0.25, -0.2) is 8.42 Å². The van der Waals surface area contributed by atoms with E-state index in [1.54, 1.807) is 0 Å². The van der Waals surface area contributed by atoms with Crippen LogP contribution in [0.5, 0.6) is 5.75 Å². The fourth-order valence-electron chi connectivity index (χ4n) is 3.94. The van der Waals surface area contributed by atoms with Crippen LogP contribution in [0.2, 0.25) is 0 Å². The summed E-state index contributed by atoms with van der Waals surface area (Å²) in [6, 6.07) is 7.53. The highest BCUT2D eigenvalue weighted by molar-refractivity contribution is 7.91. The van der Waals surface area contributed by atoms with Gasteiger partial charge in [-0.2, -0.15) is 0 Å². The summed E-state index contributed by atoms with van der Waals surface area (Å²) in [7, 11) is -4.27. The summed E-state index contributed by atoms with van der Waals surface area (Å²) in [6.07, 6.45) is 1.61. The number of hydrogen-bond acceptors (Lipinski definition) is 8. The van der Waals surface area contributed by atoms with E-state index in [9.17, 15) is 23.3 Å². The van der Waals surface area contributed by atoms with Gasteiger partial charge in [-0.05, 0) is 30.9 Å². The van der Waals surface area contributed by atoms with Crippen LogP contribution in [0.1, 0.15) is 23.2 Å². The number of rotatable bonds is 5. The van der Waals surface area contributed by atoms with E-state index < -0.39 is 26.4 Å². The number of hydrogen-bond donors (Lipinski definition) is 2. The predicted molar refractivity (Wildman–Crippen MR) is 110 cm³/mol. The fourth-order valence-corrected chi connectivity index (χ4v) is 5.44. The molecule has 0 radical (unpaired) electrons. The molecule has 1 fully saturated rings. The van der Waals surface area contributed by atoms with Crippen molar-refractivity contribution in [1.82, 2.24) is 0 Å². The molecule has 2 heterocycles. The normalized spacial score (nSPS) is 19.0. The molecule has 2 aromatic rings. The second-order valence-corrected chi connectivity index (χ2v) is 9.37. The Morgan fingerprint density at radius 3 is 2.58 bits per heavy atom. The van der Waals surface area contributed by atoms with Crippen molar-refractivity contribution >= 4 is 27.1 Å². The highest BCUT2D eigenvalue weighted by Crippen LogP contribution is 2.42. The van der Waals surface area contributed by atoms with Gasteiger partial charge in [0.1, 0.15) is 6.61 Å². The molecule has 1 saturated heterocycles. The Kier molecular flexibility index (Phi) is 5.54. The van der Waals surface area contributed by atoms with E-state index in [-0.39, 0.29) is 45.4 Å². The lowest BCUT2D eigenvalue weighted by atomic mass is 9.91. The molecular formula is C20H21N3O7S. The number of nitro groups is 1. The Morgan fingerprint density at radius 1 is 1.19 bits per heavy atom. The smallest absolute Gasteiger partial charge is 0.297 e. The maximum atomic E-state index is 13.2. The molecule has 3 N–H and O–H groups in total. The van der Waals surface area contributed by atoms with Crippen molar-refractivity contribution < 1.29 is 27.6 Å². The van der Waals surface area contributed by atoms with Crippen LogP contribution in [0.4, 0.5) is 11.4 Å². The topological polar surface area (TPSA) is 151 Å². The third-order valence-electron chi connectivity index (χ3n) is 5.59. The molecule has 2 aliphatic heterocycles. The van der Waals surface area contributed by atoms with E-state index in [1.165, 1.54) is 30.3 Å². The summed E-state index contributed by atoms with van der Waals surface area (Å²) >= 11 is 0. The van der Waals surface area contributed by atoms with Gasteiger partial charge in [0.25, 0.3) is 5.69 Å². The zero-order chi connectivity index (χ0) is 22.2. The van der Waals surface area contributed by atoms with E-state index in [0.29, 0.717) is 13.2 Å². The van der Waals surface area contributed by atoms with Crippen molar-refractivity contribution in [3.8, 4) is 5.75 Å². The number of nitro benzene ring substituents is 1. The van der Waals surface area contributed by atoms with Crippen LogP contribution in [0.15, 0.2) is 46.2 Å². The third-order valence-corrected chi connectivity index (χ3v) is 7.38. The van der Waals surface area contributed by atoms with Crippen LogP contribution in [0.3, 0.4) is 0 Å². The number of benzene rings is 2. The monoisotopic (exact) mass is 447 g/mol. The molecule has 0 saturated carbocycles. The minimum atomic E-state index is -4.27. The van der Waals surface area contributed by atoms with Crippen LogP contribution >= 0.6 is 0 Å². The van der Waals surface area contributed by atoms with Crippen molar-refractivity contribution in [3.05, 3.63) is 52.1 Å². The molecule has 0 aliphatic carbocycles. The Hall–Kier alpha value is -3.18. The molecular weight excluding hydrogens is 426 g/mol. The Bertz CT molecular complexity index is 1140.